The molecular formula is C17H21N3O3. The van der Waals surface area contributed by atoms with Gasteiger partial charge in [-0.15, -0.1) is 0 Å². The number of pyridine rings is 1. The summed E-state index contributed by atoms with van der Waals surface area (Å²) in [6, 6.07) is 7.18. The van der Waals surface area contributed by atoms with Crippen molar-refractivity contribution in [3.05, 3.63) is 41.1 Å². The number of nitrogens with one attached hydrogen (secondary N) is 1. The summed E-state index contributed by atoms with van der Waals surface area (Å²) in [7, 11) is 1.51. The fraction of sp³-hybridized carbons (Fsp3) is 0.294. The van der Waals surface area contributed by atoms with E-state index in [-0.39, 0.29) is 0 Å². The molecule has 1 aromatic heterocycles. The monoisotopic (exact) mass is 315 g/mol. The average molecular weight is 315 g/mol. The van der Waals surface area contributed by atoms with Gasteiger partial charge in [-0.2, -0.15) is 0 Å². The maximum absolute atomic E-state index is 11.2. The predicted molar refractivity (Wildman–Crippen MR) is 90.5 cm³/mol. The Morgan fingerprint density at radius 1 is 1.35 bits per heavy atom. The SMILES string of the molecule is COc1cc(Nc2nc(C)cc(C)c2N)ccc1C(C)C(=O)O. The molecule has 1 heterocycles. The number of hydrogen-bond donors (Lipinski definition) is 3. The fourth-order valence-electron chi connectivity index (χ4n) is 2.36. The minimum Gasteiger partial charge on any atom is -0.496 e. The molecule has 0 radical (unpaired) electrons. The highest BCUT2D eigenvalue weighted by atomic mass is 16.5. The highest BCUT2D eigenvalue weighted by Crippen LogP contribution is 2.32. The molecule has 122 valence electrons. The third-order valence-electron chi connectivity index (χ3n) is 3.73. The molecule has 0 aliphatic heterocycles. The number of carboxylic acid groups (broad SMARTS) is 1. The standard InChI is InChI=1S/C17H21N3O3/c1-9-7-10(2)19-16(15(9)18)20-12-5-6-13(11(3)17(21)22)14(8-12)23-4/h5-8,11H,18H2,1-4H3,(H,19,20)(H,21,22). The van der Waals surface area contributed by atoms with Crippen molar-refractivity contribution in [2.45, 2.75) is 26.7 Å². The summed E-state index contributed by atoms with van der Waals surface area (Å²) < 4.78 is 5.32. The molecule has 0 saturated carbocycles. The average Bonchev–Trinajstić information content (AvgIpc) is 2.51. The van der Waals surface area contributed by atoms with Crippen LogP contribution in [-0.2, 0) is 4.79 Å². The van der Waals surface area contributed by atoms with Crippen LogP contribution in [0.25, 0.3) is 0 Å². The Kier molecular flexibility index (Phi) is 4.74. The van der Waals surface area contributed by atoms with Crippen molar-refractivity contribution in [2.24, 2.45) is 0 Å². The van der Waals surface area contributed by atoms with E-state index >= 15 is 0 Å². The van der Waals surface area contributed by atoms with Crippen LogP contribution >= 0.6 is 0 Å². The van der Waals surface area contributed by atoms with E-state index in [4.69, 9.17) is 15.6 Å². The normalized spacial score (nSPS) is 11.8. The number of nitrogens with zero attached hydrogens (tertiary/aromatic N) is 1. The van der Waals surface area contributed by atoms with Crippen LogP contribution < -0.4 is 15.8 Å². The van der Waals surface area contributed by atoms with Gasteiger partial charge in [0.1, 0.15) is 5.75 Å². The lowest BCUT2D eigenvalue weighted by molar-refractivity contribution is -0.138. The number of ether oxygens (including phenoxy) is 1. The Bertz CT molecular complexity index is 744. The van der Waals surface area contributed by atoms with Gasteiger partial charge in [0.25, 0.3) is 0 Å². The van der Waals surface area contributed by atoms with Crippen LogP contribution in [0.2, 0.25) is 0 Å². The first-order valence-corrected chi connectivity index (χ1v) is 7.25. The van der Waals surface area contributed by atoms with Crippen LogP contribution in [0.15, 0.2) is 24.3 Å². The van der Waals surface area contributed by atoms with E-state index in [1.807, 2.05) is 19.9 Å². The molecule has 1 aromatic carbocycles. The van der Waals surface area contributed by atoms with Crippen LogP contribution in [0.5, 0.6) is 5.75 Å². The van der Waals surface area contributed by atoms with E-state index in [2.05, 4.69) is 10.3 Å². The van der Waals surface area contributed by atoms with E-state index < -0.39 is 11.9 Å². The summed E-state index contributed by atoms with van der Waals surface area (Å²) >= 11 is 0. The summed E-state index contributed by atoms with van der Waals surface area (Å²) in [4.78, 5) is 15.6. The number of nitrogen functional groups attached to an aromatic ring is 1. The number of benzene rings is 1. The van der Waals surface area contributed by atoms with E-state index in [1.165, 1.54) is 7.11 Å². The molecule has 0 aliphatic carbocycles. The molecule has 2 rings (SSSR count). The zero-order chi connectivity index (χ0) is 17.1. The van der Waals surface area contributed by atoms with Crippen molar-refractivity contribution >= 4 is 23.2 Å². The molecule has 6 heteroatoms. The van der Waals surface area contributed by atoms with Crippen molar-refractivity contribution < 1.29 is 14.6 Å². The van der Waals surface area contributed by atoms with E-state index in [0.717, 1.165) is 16.9 Å². The van der Waals surface area contributed by atoms with Gasteiger partial charge in [0.2, 0.25) is 0 Å². The summed E-state index contributed by atoms with van der Waals surface area (Å²) in [5, 5.41) is 12.3. The van der Waals surface area contributed by atoms with Gasteiger partial charge in [-0.1, -0.05) is 6.07 Å². The van der Waals surface area contributed by atoms with E-state index in [0.29, 0.717) is 22.8 Å². The highest BCUT2D eigenvalue weighted by Gasteiger charge is 2.18. The van der Waals surface area contributed by atoms with Crippen LogP contribution in [0, 0.1) is 13.8 Å². The molecule has 1 atom stereocenters. The number of nitrogens with two attached hydrogens (primary N) is 1. The molecule has 0 fully saturated rings. The van der Waals surface area contributed by atoms with Crippen LogP contribution in [0.4, 0.5) is 17.2 Å². The van der Waals surface area contributed by atoms with Crippen molar-refractivity contribution in [2.75, 3.05) is 18.2 Å². The van der Waals surface area contributed by atoms with Gasteiger partial charge >= 0.3 is 5.97 Å². The summed E-state index contributed by atoms with van der Waals surface area (Å²) in [5.41, 5.74) is 9.79. The van der Waals surface area contributed by atoms with Crippen molar-refractivity contribution in [3.63, 3.8) is 0 Å². The number of rotatable bonds is 5. The number of anilines is 3. The minimum atomic E-state index is -0.899. The Labute approximate surface area is 135 Å². The van der Waals surface area contributed by atoms with Crippen LogP contribution in [0.1, 0.15) is 29.7 Å². The molecule has 0 bridgehead atoms. The topological polar surface area (TPSA) is 97.5 Å². The minimum absolute atomic E-state index is 0.507. The number of aliphatic carboxylic acids is 1. The first-order valence-electron chi connectivity index (χ1n) is 7.25. The molecule has 6 nitrogen and oxygen atoms in total. The molecule has 23 heavy (non-hydrogen) atoms. The zero-order valence-corrected chi connectivity index (χ0v) is 13.7. The number of carboxylic acids is 1. The van der Waals surface area contributed by atoms with Gasteiger partial charge in [0.05, 0.1) is 18.7 Å². The molecule has 2 aromatic rings. The summed E-state index contributed by atoms with van der Waals surface area (Å²) in [5.74, 6) is -0.468. The number of methoxy groups -OCH3 is 1. The van der Waals surface area contributed by atoms with Gasteiger partial charge in [0, 0.05) is 23.0 Å². The summed E-state index contributed by atoms with van der Waals surface area (Å²) in [6.07, 6.45) is 0. The smallest absolute Gasteiger partial charge is 0.310 e. The first-order chi connectivity index (χ1) is 10.8. The third-order valence-corrected chi connectivity index (χ3v) is 3.73. The van der Waals surface area contributed by atoms with Gasteiger partial charge < -0.3 is 20.9 Å². The molecule has 1 unspecified atom stereocenters. The first kappa shape index (κ1) is 16.6. The molecule has 0 aliphatic rings. The second-order valence-electron chi connectivity index (χ2n) is 5.48. The Morgan fingerprint density at radius 3 is 2.65 bits per heavy atom. The van der Waals surface area contributed by atoms with Gasteiger partial charge in [-0.25, -0.2) is 4.98 Å². The van der Waals surface area contributed by atoms with Gasteiger partial charge in [-0.3, -0.25) is 4.79 Å². The lowest BCUT2D eigenvalue weighted by atomic mass is 10.00. The number of hydrogen-bond acceptors (Lipinski definition) is 5. The third kappa shape index (κ3) is 3.53. The zero-order valence-electron chi connectivity index (χ0n) is 13.7. The quantitative estimate of drug-likeness (QED) is 0.783. The van der Waals surface area contributed by atoms with E-state index in [1.54, 1.807) is 25.1 Å². The molecular weight excluding hydrogens is 294 g/mol. The van der Waals surface area contributed by atoms with Gasteiger partial charge in [-0.05, 0) is 38.5 Å². The largest absolute Gasteiger partial charge is 0.496 e. The Balaban J connectivity index is 2.37. The number of carbonyl (C=O) groups is 1. The van der Waals surface area contributed by atoms with Crippen LogP contribution in [-0.4, -0.2) is 23.2 Å². The lowest BCUT2D eigenvalue weighted by Gasteiger charge is -2.16. The van der Waals surface area contributed by atoms with Gasteiger partial charge in [0.15, 0.2) is 5.82 Å². The summed E-state index contributed by atoms with van der Waals surface area (Å²) in [6.45, 7) is 5.44. The Morgan fingerprint density at radius 2 is 2.04 bits per heavy atom. The highest BCUT2D eigenvalue weighted by molar-refractivity contribution is 5.78. The maximum Gasteiger partial charge on any atom is 0.310 e. The molecule has 0 spiro atoms. The predicted octanol–water partition coefficient (Wildman–Crippen LogP) is 3.22. The van der Waals surface area contributed by atoms with Crippen molar-refractivity contribution in [1.29, 1.82) is 0 Å². The maximum atomic E-state index is 11.2. The number of aromatic nitrogens is 1. The molecule has 0 saturated heterocycles. The fourth-order valence-corrected chi connectivity index (χ4v) is 2.36. The lowest BCUT2D eigenvalue weighted by Crippen LogP contribution is -2.09. The van der Waals surface area contributed by atoms with Crippen molar-refractivity contribution in [1.82, 2.24) is 4.98 Å². The van der Waals surface area contributed by atoms with E-state index in [9.17, 15) is 4.79 Å². The number of aryl methyl sites for hydroxylation is 2. The second-order valence-corrected chi connectivity index (χ2v) is 5.48. The van der Waals surface area contributed by atoms with Crippen molar-refractivity contribution in [3.8, 4) is 5.75 Å². The molecule has 0 amide bonds. The van der Waals surface area contributed by atoms with Crippen LogP contribution in [0.3, 0.4) is 0 Å². The molecule has 4 N–H and O–H groups in total. The second kappa shape index (κ2) is 6.56. The Hall–Kier alpha value is -2.76.